The van der Waals surface area contributed by atoms with Crippen LogP contribution in [0.15, 0.2) is 0 Å². The van der Waals surface area contributed by atoms with Crippen LogP contribution in [0.5, 0.6) is 0 Å². The molecule has 0 aromatic heterocycles. The van der Waals surface area contributed by atoms with E-state index in [0.29, 0.717) is 20.8 Å². The van der Waals surface area contributed by atoms with Crippen molar-refractivity contribution in [3.63, 3.8) is 0 Å². The number of carbonyl (C=O) groups excluding carboxylic acids is 5. The zero-order valence-electron chi connectivity index (χ0n) is 13.6. The summed E-state index contributed by atoms with van der Waals surface area (Å²) < 4.78 is 4.58. The number of ether oxygens (including phenoxy) is 1. The highest BCUT2D eigenvalue weighted by Gasteiger charge is 2.70. The first-order chi connectivity index (χ1) is 10.8. The molecule has 0 aliphatic carbocycles. The number of Topliss-reactive ketones (excluding diaryl/α,β-unsaturated/α-hetero) is 4. The van der Waals surface area contributed by atoms with Crippen LogP contribution in [0.25, 0.3) is 0 Å². The van der Waals surface area contributed by atoms with Crippen molar-refractivity contribution in [1.82, 2.24) is 0 Å². The lowest BCUT2D eigenvalue weighted by Gasteiger charge is -2.44. The smallest absolute Gasteiger partial charge is 0.304 e. The fourth-order valence-electron chi connectivity index (χ4n) is 2.30. The number of esters is 1. The molecule has 0 spiro atoms. The van der Waals surface area contributed by atoms with Crippen LogP contribution >= 0.6 is 0 Å². The minimum Gasteiger partial charge on any atom is -0.439 e. The Morgan fingerprint density at radius 3 is 1.67 bits per heavy atom. The maximum absolute atomic E-state index is 12.3. The molecule has 0 aliphatic rings. The molecule has 0 bridgehead atoms. The summed E-state index contributed by atoms with van der Waals surface area (Å²) in [6.45, 7) is 1.55. The van der Waals surface area contributed by atoms with Gasteiger partial charge >= 0.3 is 5.97 Å². The van der Waals surface area contributed by atoms with Crippen LogP contribution in [0.4, 0.5) is 0 Å². The van der Waals surface area contributed by atoms with Gasteiger partial charge in [-0.15, -0.1) is 0 Å². The lowest BCUT2D eigenvalue weighted by atomic mass is 9.69. The van der Waals surface area contributed by atoms with Crippen molar-refractivity contribution in [2.24, 2.45) is 0 Å². The van der Waals surface area contributed by atoms with Crippen LogP contribution in [0.1, 0.15) is 27.7 Å². The lowest BCUT2D eigenvalue weighted by molar-refractivity contribution is -0.226. The summed E-state index contributed by atoms with van der Waals surface area (Å²) >= 11 is 0. The highest BCUT2D eigenvalue weighted by atomic mass is 16.6. The van der Waals surface area contributed by atoms with Gasteiger partial charge in [-0.1, -0.05) is 0 Å². The monoisotopic (exact) mass is 348 g/mol. The summed E-state index contributed by atoms with van der Waals surface area (Å²) in [6, 6.07) is 0. The van der Waals surface area contributed by atoms with Crippen molar-refractivity contribution >= 4 is 29.1 Å². The van der Waals surface area contributed by atoms with E-state index >= 15 is 0 Å². The first-order valence-corrected chi connectivity index (χ1v) is 6.77. The fourth-order valence-corrected chi connectivity index (χ4v) is 2.30. The van der Waals surface area contributed by atoms with Crippen molar-refractivity contribution in [1.29, 1.82) is 0 Å². The third kappa shape index (κ3) is 3.41. The normalized spacial score (nSPS) is 18.5. The molecule has 24 heavy (non-hydrogen) atoms. The third-order valence-corrected chi connectivity index (χ3v) is 3.49. The number of aliphatic hydroxyl groups is 4. The van der Waals surface area contributed by atoms with Gasteiger partial charge in [0.25, 0.3) is 11.4 Å². The molecule has 4 N–H and O–H groups in total. The molecular formula is C14H20O10. The van der Waals surface area contributed by atoms with Gasteiger partial charge in [-0.25, -0.2) is 0 Å². The standard InChI is InChI=1S/C14H20O10/c1-6(16)11(21)14(8(3)18,24-9(4)19)13(23,7(2)17)12(22)10(20)5-15/h10,12,15,20,22-23H,5H2,1-4H3/t10-,12-,13+,14+/m1/s1. The SMILES string of the molecule is CC(=O)O[C@@](C(C)=O)(C(=O)C(C)=O)[C@](O)(C(C)=O)[C@H](O)[C@H](O)CO. The van der Waals surface area contributed by atoms with Gasteiger partial charge in [0.05, 0.1) is 6.61 Å². The third-order valence-electron chi connectivity index (χ3n) is 3.49. The minimum atomic E-state index is -3.50. The molecule has 0 radical (unpaired) electrons. The van der Waals surface area contributed by atoms with Crippen LogP contribution in [0, 0.1) is 0 Å². The van der Waals surface area contributed by atoms with Crippen molar-refractivity contribution < 1.29 is 49.1 Å². The Labute approximate surface area is 137 Å². The quantitative estimate of drug-likeness (QED) is 0.192. The topological polar surface area (TPSA) is 175 Å². The number of ketones is 4. The van der Waals surface area contributed by atoms with Gasteiger partial charge in [-0.3, -0.25) is 24.0 Å². The fraction of sp³-hybridized carbons (Fsp3) is 0.643. The molecule has 0 aromatic carbocycles. The molecule has 0 unspecified atom stereocenters. The van der Waals surface area contributed by atoms with E-state index in [4.69, 9.17) is 5.11 Å². The van der Waals surface area contributed by atoms with Gasteiger partial charge in [0.1, 0.15) is 12.2 Å². The number of rotatable bonds is 9. The molecule has 0 saturated heterocycles. The van der Waals surface area contributed by atoms with E-state index in [1.165, 1.54) is 0 Å². The van der Waals surface area contributed by atoms with E-state index in [1.54, 1.807) is 0 Å². The Bertz CT molecular complexity index is 568. The predicted octanol–water partition coefficient (Wildman–Crippen LogP) is -2.93. The van der Waals surface area contributed by atoms with E-state index in [2.05, 4.69) is 4.74 Å². The van der Waals surface area contributed by atoms with Gasteiger partial charge in [0.15, 0.2) is 17.3 Å². The Morgan fingerprint density at radius 2 is 1.42 bits per heavy atom. The Hall–Kier alpha value is -2.01. The number of carbonyl (C=O) groups is 5. The van der Waals surface area contributed by atoms with Gasteiger partial charge in [0.2, 0.25) is 5.60 Å². The molecule has 0 fully saturated rings. The summed E-state index contributed by atoms with van der Waals surface area (Å²) in [5.41, 5.74) is -6.92. The Balaban J connectivity index is 6.88. The molecule has 0 rings (SSSR count). The van der Waals surface area contributed by atoms with E-state index in [-0.39, 0.29) is 0 Å². The van der Waals surface area contributed by atoms with E-state index in [9.17, 15) is 39.3 Å². The molecule has 10 heteroatoms. The van der Waals surface area contributed by atoms with Gasteiger partial charge in [-0.05, 0) is 13.8 Å². The summed E-state index contributed by atoms with van der Waals surface area (Å²) in [6.07, 6.45) is -4.81. The molecule has 0 aliphatic heterocycles. The molecule has 0 amide bonds. The van der Waals surface area contributed by atoms with E-state index < -0.39 is 59.1 Å². The molecule has 10 nitrogen and oxygen atoms in total. The molecular weight excluding hydrogens is 328 g/mol. The van der Waals surface area contributed by atoms with E-state index in [0.717, 1.165) is 6.92 Å². The zero-order valence-corrected chi connectivity index (χ0v) is 13.6. The minimum absolute atomic E-state index is 0.641. The van der Waals surface area contributed by atoms with Crippen LogP contribution in [0.3, 0.4) is 0 Å². The predicted molar refractivity (Wildman–Crippen MR) is 75.6 cm³/mol. The summed E-state index contributed by atoms with van der Waals surface area (Å²) in [5.74, 6) is -7.32. The Kier molecular flexibility index (Phi) is 7.06. The highest BCUT2D eigenvalue weighted by molar-refractivity contribution is 6.45. The van der Waals surface area contributed by atoms with Gasteiger partial charge in [0, 0.05) is 13.8 Å². The van der Waals surface area contributed by atoms with Crippen molar-refractivity contribution in [3.05, 3.63) is 0 Å². The molecule has 0 heterocycles. The number of aliphatic hydroxyl groups excluding tert-OH is 3. The molecule has 4 atom stereocenters. The second-order valence-electron chi connectivity index (χ2n) is 5.23. The highest BCUT2D eigenvalue weighted by Crippen LogP contribution is 2.35. The van der Waals surface area contributed by atoms with Crippen LogP contribution in [-0.2, 0) is 28.7 Å². The maximum atomic E-state index is 12.3. The second kappa shape index (κ2) is 7.71. The van der Waals surface area contributed by atoms with Crippen LogP contribution in [0.2, 0.25) is 0 Å². The average molecular weight is 348 g/mol. The first-order valence-electron chi connectivity index (χ1n) is 6.77. The average Bonchev–Trinajstić information content (AvgIpc) is 2.48. The van der Waals surface area contributed by atoms with E-state index in [1.807, 2.05) is 0 Å². The van der Waals surface area contributed by atoms with Crippen molar-refractivity contribution in [3.8, 4) is 0 Å². The van der Waals surface area contributed by atoms with Gasteiger partial charge in [-0.2, -0.15) is 0 Å². The van der Waals surface area contributed by atoms with Crippen LogP contribution in [-0.4, -0.2) is 79.5 Å². The largest absolute Gasteiger partial charge is 0.439 e. The zero-order chi connectivity index (χ0) is 19.5. The molecule has 0 saturated carbocycles. The summed E-state index contributed by atoms with van der Waals surface area (Å²) in [7, 11) is 0. The molecule has 0 aromatic rings. The molecule has 136 valence electrons. The first kappa shape index (κ1) is 22.0. The number of hydrogen-bond donors (Lipinski definition) is 4. The summed E-state index contributed by atoms with van der Waals surface area (Å²) in [4.78, 5) is 59.2. The second-order valence-corrected chi connectivity index (χ2v) is 5.23. The van der Waals surface area contributed by atoms with Crippen molar-refractivity contribution in [2.75, 3.05) is 6.61 Å². The van der Waals surface area contributed by atoms with Crippen molar-refractivity contribution in [2.45, 2.75) is 51.1 Å². The lowest BCUT2D eigenvalue weighted by Crippen LogP contribution is -2.76. The number of hydrogen-bond acceptors (Lipinski definition) is 10. The maximum Gasteiger partial charge on any atom is 0.304 e. The summed E-state index contributed by atoms with van der Waals surface area (Å²) in [5, 5.41) is 39.2. The van der Waals surface area contributed by atoms with Crippen LogP contribution < -0.4 is 0 Å². The Morgan fingerprint density at radius 1 is 0.958 bits per heavy atom. The van der Waals surface area contributed by atoms with Gasteiger partial charge < -0.3 is 25.2 Å².